The third-order valence-corrected chi connectivity index (χ3v) is 4.15. The lowest BCUT2D eigenvalue weighted by Crippen LogP contribution is -2.33. The summed E-state index contributed by atoms with van der Waals surface area (Å²) in [5, 5.41) is 0. The zero-order chi connectivity index (χ0) is 15.4. The van der Waals surface area contributed by atoms with Crippen LogP contribution in [0.25, 0.3) is 0 Å². The molecule has 2 heterocycles. The first-order valence-corrected chi connectivity index (χ1v) is 7.20. The van der Waals surface area contributed by atoms with Gasteiger partial charge in [0.25, 0.3) is 0 Å². The number of nitrogens with two attached hydrogens (primary N) is 1. The van der Waals surface area contributed by atoms with Gasteiger partial charge in [-0.05, 0) is 18.1 Å². The van der Waals surface area contributed by atoms with Gasteiger partial charge < -0.3 is 15.2 Å². The minimum absolute atomic E-state index is 0.0994. The summed E-state index contributed by atoms with van der Waals surface area (Å²) in [6.45, 7) is 4.59. The summed E-state index contributed by atoms with van der Waals surface area (Å²) < 4.78 is 23.8. The zero-order valence-electron chi connectivity index (χ0n) is 12.8. The van der Waals surface area contributed by atoms with E-state index >= 15 is 0 Å². The van der Waals surface area contributed by atoms with Gasteiger partial charge in [0.2, 0.25) is 0 Å². The summed E-state index contributed by atoms with van der Waals surface area (Å²) in [5.74, 6) is -0.139. The van der Waals surface area contributed by atoms with Crippen molar-refractivity contribution in [1.82, 2.24) is 9.88 Å². The molecule has 0 bridgehead atoms. The van der Waals surface area contributed by atoms with Crippen LogP contribution in [-0.2, 0) is 9.47 Å². The van der Waals surface area contributed by atoms with Crippen molar-refractivity contribution in [2.75, 3.05) is 33.9 Å². The number of likely N-dealkylation sites (tertiary alicyclic amines) is 1. The number of hydrogen-bond acceptors (Lipinski definition) is 5. The van der Waals surface area contributed by atoms with Crippen molar-refractivity contribution in [3.8, 4) is 0 Å². The van der Waals surface area contributed by atoms with E-state index < -0.39 is 0 Å². The summed E-state index contributed by atoms with van der Waals surface area (Å²) in [6.07, 6.45) is 1.41. The van der Waals surface area contributed by atoms with Crippen LogP contribution in [0.4, 0.5) is 4.39 Å². The van der Waals surface area contributed by atoms with Crippen LogP contribution in [-0.4, -0.2) is 55.9 Å². The van der Waals surface area contributed by atoms with Crippen LogP contribution in [0.15, 0.2) is 18.3 Å². The number of hydrogen-bond donors (Lipinski definition) is 1. The van der Waals surface area contributed by atoms with Crippen molar-refractivity contribution < 1.29 is 13.9 Å². The van der Waals surface area contributed by atoms with Crippen LogP contribution < -0.4 is 5.73 Å². The van der Waals surface area contributed by atoms with Crippen LogP contribution in [0, 0.1) is 11.7 Å². The molecule has 1 aromatic heterocycles. The Morgan fingerprint density at radius 3 is 2.43 bits per heavy atom. The molecule has 1 aromatic rings. The highest BCUT2D eigenvalue weighted by molar-refractivity contribution is 5.10. The normalized spacial score (nSPS) is 26.0. The lowest BCUT2D eigenvalue weighted by Gasteiger charge is -2.25. The van der Waals surface area contributed by atoms with Gasteiger partial charge in [0.1, 0.15) is 5.82 Å². The highest BCUT2D eigenvalue weighted by Gasteiger charge is 2.34. The molecule has 1 saturated heterocycles. The Morgan fingerprint density at radius 1 is 1.33 bits per heavy atom. The number of halogens is 1. The van der Waals surface area contributed by atoms with E-state index in [1.807, 2.05) is 0 Å². The highest BCUT2D eigenvalue weighted by Crippen LogP contribution is 2.22. The molecule has 5 nitrogen and oxygen atoms in total. The topological polar surface area (TPSA) is 60.6 Å². The number of rotatable bonds is 6. The van der Waals surface area contributed by atoms with Crippen LogP contribution in [0.2, 0.25) is 0 Å². The largest absolute Gasteiger partial charge is 0.377 e. The SMILES string of the molecule is COC1CN(CC(C)C(N)c2ccc(F)cn2)CC1OC. The van der Waals surface area contributed by atoms with Crippen LogP contribution in [0.3, 0.4) is 0 Å². The summed E-state index contributed by atoms with van der Waals surface area (Å²) in [5.41, 5.74) is 6.94. The monoisotopic (exact) mass is 297 g/mol. The average Bonchev–Trinajstić information content (AvgIpc) is 2.89. The highest BCUT2D eigenvalue weighted by atomic mass is 19.1. The Balaban J connectivity index is 1.92. The smallest absolute Gasteiger partial charge is 0.141 e. The van der Waals surface area contributed by atoms with Gasteiger partial charge in [0, 0.05) is 33.9 Å². The molecule has 1 aliphatic heterocycles. The van der Waals surface area contributed by atoms with Crippen molar-refractivity contribution in [2.45, 2.75) is 25.2 Å². The van der Waals surface area contributed by atoms with Gasteiger partial charge >= 0.3 is 0 Å². The molecule has 1 aliphatic rings. The zero-order valence-corrected chi connectivity index (χ0v) is 12.8. The van der Waals surface area contributed by atoms with Crippen molar-refractivity contribution in [3.63, 3.8) is 0 Å². The fraction of sp³-hybridized carbons (Fsp3) is 0.667. The molecule has 0 spiro atoms. The fourth-order valence-electron chi connectivity index (χ4n) is 2.82. The molecule has 4 unspecified atom stereocenters. The molecule has 0 aromatic carbocycles. The molecule has 2 N–H and O–H groups in total. The quantitative estimate of drug-likeness (QED) is 0.855. The summed E-state index contributed by atoms with van der Waals surface area (Å²) in [4.78, 5) is 6.36. The number of methoxy groups -OCH3 is 2. The average molecular weight is 297 g/mol. The lowest BCUT2D eigenvalue weighted by molar-refractivity contribution is -0.00461. The summed E-state index contributed by atoms with van der Waals surface area (Å²) in [6, 6.07) is 2.83. The van der Waals surface area contributed by atoms with E-state index in [0.717, 1.165) is 25.3 Å². The lowest BCUT2D eigenvalue weighted by atomic mass is 9.99. The number of pyridine rings is 1. The Kier molecular flexibility index (Phi) is 5.64. The third kappa shape index (κ3) is 3.97. The first-order valence-electron chi connectivity index (χ1n) is 7.20. The summed E-state index contributed by atoms with van der Waals surface area (Å²) >= 11 is 0. The fourth-order valence-corrected chi connectivity index (χ4v) is 2.82. The first kappa shape index (κ1) is 16.3. The molecule has 0 aliphatic carbocycles. The van der Waals surface area contributed by atoms with E-state index in [2.05, 4.69) is 16.8 Å². The second-order valence-corrected chi connectivity index (χ2v) is 5.67. The maximum atomic E-state index is 12.9. The minimum atomic E-state index is -0.344. The molecular weight excluding hydrogens is 273 g/mol. The van der Waals surface area contributed by atoms with Gasteiger partial charge in [-0.25, -0.2) is 4.39 Å². The van der Waals surface area contributed by atoms with Crippen molar-refractivity contribution >= 4 is 0 Å². The third-order valence-electron chi connectivity index (χ3n) is 4.15. The van der Waals surface area contributed by atoms with Gasteiger partial charge in [-0.2, -0.15) is 0 Å². The standard InChI is InChI=1S/C15H24FN3O2/c1-10(15(17)12-5-4-11(16)6-18-12)7-19-8-13(20-2)14(9-19)21-3/h4-6,10,13-15H,7-9,17H2,1-3H3. The van der Waals surface area contributed by atoms with Crippen molar-refractivity contribution in [3.05, 3.63) is 29.8 Å². The molecule has 118 valence electrons. The number of ether oxygens (including phenoxy) is 2. The van der Waals surface area contributed by atoms with E-state index in [9.17, 15) is 4.39 Å². The molecule has 0 radical (unpaired) electrons. The minimum Gasteiger partial charge on any atom is -0.377 e. The molecule has 1 fully saturated rings. The molecule has 2 rings (SSSR count). The van der Waals surface area contributed by atoms with E-state index in [1.165, 1.54) is 12.3 Å². The Labute approximate surface area is 125 Å². The molecule has 6 heteroatoms. The van der Waals surface area contributed by atoms with Crippen LogP contribution in [0.5, 0.6) is 0 Å². The van der Waals surface area contributed by atoms with Crippen LogP contribution in [0.1, 0.15) is 18.7 Å². The van der Waals surface area contributed by atoms with E-state index in [-0.39, 0.29) is 30.0 Å². The van der Waals surface area contributed by atoms with Crippen molar-refractivity contribution in [1.29, 1.82) is 0 Å². The van der Waals surface area contributed by atoms with Gasteiger partial charge in [-0.1, -0.05) is 6.92 Å². The first-order chi connectivity index (χ1) is 10.0. The molecule has 4 atom stereocenters. The van der Waals surface area contributed by atoms with Gasteiger partial charge in [-0.15, -0.1) is 0 Å². The Morgan fingerprint density at radius 2 is 1.95 bits per heavy atom. The molecule has 21 heavy (non-hydrogen) atoms. The summed E-state index contributed by atoms with van der Waals surface area (Å²) in [7, 11) is 3.41. The van der Waals surface area contributed by atoms with E-state index in [4.69, 9.17) is 15.2 Å². The second kappa shape index (κ2) is 7.26. The van der Waals surface area contributed by atoms with E-state index in [0.29, 0.717) is 0 Å². The Bertz CT molecular complexity index is 431. The number of nitrogens with zero attached hydrogens (tertiary/aromatic N) is 2. The molecule has 0 amide bonds. The van der Waals surface area contributed by atoms with Gasteiger partial charge in [0.15, 0.2) is 0 Å². The predicted octanol–water partition coefficient (Wildman–Crippen LogP) is 1.20. The maximum Gasteiger partial charge on any atom is 0.141 e. The van der Waals surface area contributed by atoms with E-state index in [1.54, 1.807) is 20.3 Å². The number of aromatic nitrogens is 1. The molecule has 0 saturated carbocycles. The van der Waals surface area contributed by atoms with Gasteiger partial charge in [0.05, 0.1) is 30.1 Å². The second-order valence-electron chi connectivity index (χ2n) is 5.67. The van der Waals surface area contributed by atoms with Crippen LogP contribution >= 0.6 is 0 Å². The predicted molar refractivity (Wildman–Crippen MR) is 78.3 cm³/mol. The van der Waals surface area contributed by atoms with Gasteiger partial charge in [-0.3, -0.25) is 9.88 Å². The van der Waals surface area contributed by atoms with Crippen molar-refractivity contribution in [2.24, 2.45) is 11.7 Å². The maximum absolute atomic E-state index is 12.9. The molecular formula is C15H24FN3O2. The Hall–Kier alpha value is -1.08.